The maximum Gasteiger partial charge on any atom is 0.311 e. The lowest BCUT2D eigenvalue weighted by Crippen LogP contribution is -2.68. The number of esters is 6. The molecule has 20 nitrogen and oxygen atoms in total. The molecule has 0 aromatic carbocycles. The molecule has 2 saturated carbocycles. The van der Waals surface area contributed by atoms with Gasteiger partial charge in [-0.3, -0.25) is 38.4 Å². The molecule has 82 heavy (non-hydrogen) atoms. The Hall–Kier alpha value is -4.69. The molecule has 0 aromatic heterocycles. The van der Waals surface area contributed by atoms with Gasteiger partial charge in [0.15, 0.2) is 42.9 Å². The second-order valence-corrected chi connectivity index (χ2v) is 30.6. The third kappa shape index (κ3) is 22.1. The molecule has 2 heterocycles. The van der Waals surface area contributed by atoms with Crippen LogP contribution in [0.3, 0.4) is 0 Å². The van der Waals surface area contributed by atoms with E-state index < -0.39 is 134 Å². The third-order valence-corrected chi connectivity index (χ3v) is 14.4. The third-order valence-electron chi connectivity index (χ3n) is 14.4. The summed E-state index contributed by atoms with van der Waals surface area (Å²) < 4.78 is 46.3. The Morgan fingerprint density at radius 3 is 1.12 bits per heavy atom. The molecule has 4 rings (SSSR count). The van der Waals surface area contributed by atoms with Gasteiger partial charge in [-0.05, 0) is 176 Å². The number of carbonyl (C=O) groups excluding carboxylic acids is 9. The number of ether oxygens (including phenoxy) is 8. The van der Waals surface area contributed by atoms with Crippen molar-refractivity contribution in [3.05, 3.63) is 0 Å². The first-order chi connectivity index (χ1) is 37.0. The number of hydrogen-bond acceptors (Lipinski definition) is 18. The first-order valence-corrected chi connectivity index (χ1v) is 29.3. The molecule has 9 atom stereocenters. The van der Waals surface area contributed by atoms with Crippen molar-refractivity contribution in [3.63, 3.8) is 0 Å². The summed E-state index contributed by atoms with van der Waals surface area (Å²) in [5.41, 5.74) is -0.397. The highest BCUT2D eigenvalue weighted by Crippen LogP contribution is 2.43. The van der Waals surface area contributed by atoms with Crippen molar-refractivity contribution < 1.29 is 81.0 Å². The smallest absolute Gasteiger partial charge is 0.311 e. The van der Waals surface area contributed by atoms with Crippen molar-refractivity contribution in [1.82, 2.24) is 10.2 Å². The predicted octanol–water partition coefficient (Wildman–Crippen LogP) is 9.26. The van der Waals surface area contributed by atoms with Crippen molar-refractivity contribution in [2.45, 2.75) is 284 Å². The lowest BCUT2D eigenvalue weighted by Gasteiger charge is -2.50. The maximum absolute atomic E-state index is 14.1. The molecule has 3 N–H and O–H groups in total. The predicted molar refractivity (Wildman–Crippen MR) is 308 cm³/mol. The summed E-state index contributed by atoms with van der Waals surface area (Å²) in [7, 11) is 0. The van der Waals surface area contributed by atoms with Crippen LogP contribution < -0.4 is 11.1 Å². The Morgan fingerprint density at radius 1 is 0.476 bits per heavy atom. The van der Waals surface area contributed by atoms with Crippen LogP contribution in [0.4, 0.5) is 0 Å². The minimum absolute atomic E-state index is 0.0399. The maximum atomic E-state index is 14.1. The van der Waals surface area contributed by atoms with E-state index in [0.717, 1.165) is 38.4 Å². The molecule has 0 radical (unpaired) electrons. The zero-order valence-corrected chi connectivity index (χ0v) is 54.3. The molecule has 472 valence electrons. The van der Waals surface area contributed by atoms with E-state index in [2.05, 4.69) is 12.2 Å². The highest BCUT2D eigenvalue weighted by molar-refractivity contribution is 5.85. The van der Waals surface area contributed by atoms with E-state index in [4.69, 9.17) is 43.6 Å². The van der Waals surface area contributed by atoms with Crippen LogP contribution in [0.15, 0.2) is 0 Å². The molecular weight excluding hydrogens is 1060 g/mol. The van der Waals surface area contributed by atoms with Gasteiger partial charge in [-0.25, -0.2) is 0 Å². The van der Waals surface area contributed by atoms with Crippen LogP contribution in [0, 0.1) is 43.3 Å². The first kappa shape index (κ1) is 73.4. The minimum Gasteiger partial charge on any atom is -0.455 e. The summed E-state index contributed by atoms with van der Waals surface area (Å²) in [6, 6.07) is -0.997. The number of amides is 2. The summed E-state index contributed by atoms with van der Waals surface area (Å²) in [6.07, 6.45) is 2.47. The fourth-order valence-electron chi connectivity index (χ4n) is 9.01. The summed E-state index contributed by atoms with van der Waals surface area (Å²) in [5.74, 6) is -3.76. The van der Waals surface area contributed by atoms with Crippen molar-refractivity contribution >= 4 is 54.4 Å². The molecule has 4 aliphatic rings. The quantitative estimate of drug-likeness (QED) is 0.105. The van der Waals surface area contributed by atoms with Crippen LogP contribution in [0.25, 0.3) is 0 Å². The monoisotopic (exact) mass is 1170 g/mol. The molecule has 2 aliphatic carbocycles. The average molecular weight is 1170 g/mol. The van der Waals surface area contributed by atoms with Gasteiger partial charge in [0, 0.05) is 11.0 Å². The van der Waals surface area contributed by atoms with Gasteiger partial charge in [0.2, 0.25) is 12.3 Å². The Kier molecular flexibility index (Phi) is 25.5. The summed E-state index contributed by atoms with van der Waals surface area (Å²) >= 11 is 0. The molecule has 2 aliphatic heterocycles. The number of nitrogens with one attached hydrogen (secondary N) is 1. The van der Waals surface area contributed by atoms with E-state index in [1.165, 1.54) is 24.2 Å². The number of hydrogen-bond donors (Lipinski definition) is 2. The molecule has 1 unspecified atom stereocenters. The van der Waals surface area contributed by atoms with Gasteiger partial charge in [-0.1, -0.05) is 52.4 Å². The van der Waals surface area contributed by atoms with Crippen molar-refractivity contribution in [1.29, 1.82) is 0 Å². The van der Waals surface area contributed by atoms with Crippen molar-refractivity contribution in [2.75, 3.05) is 13.2 Å². The van der Waals surface area contributed by atoms with Crippen molar-refractivity contribution in [2.24, 2.45) is 49.1 Å². The Bertz CT molecular complexity index is 2180. The van der Waals surface area contributed by atoms with Gasteiger partial charge in [0.25, 0.3) is 0 Å². The fourth-order valence-corrected chi connectivity index (χ4v) is 9.01. The molecule has 0 aromatic rings. The SMILES string of the molecule is CC(C)(C)C(=O)O[C@H]1[C@H](OC(=O)C(C)(C)C)[C@H](OC(=O)C(C)(C)C)CO[C@@H]1N.CC(C)(C)NC(=O)[C@@H](N(C=O)C1OC[C@@H](OC(=O)C(C)(C)C)[C@@H](OC(=O)C(C)(C)C)[C@@H]1OC(=O)C(C)(C)C)C1(C)CCCCC1.CC1(C=O)CCCCC1. The topological polar surface area (TPSA) is 269 Å². The van der Waals surface area contributed by atoms with E-state index in [1.54, 1.807) is 125 Å². The highest BCUT2D eigenvalue weighted by atomic mass is 16.7. The van der Waals surface area contributed by atoms with Gasteiger partial charge in [-0.2, -0.15) is 0 Å². The van der Waals surface area contributed by atoms with E-state index in [-0.39, 0.29) is 24.5 Å². The number of aldehydes is 1. The van der Waals surface area contributed by atoms with E-state index in [9.17, 15) is 43.2 Å². The van der Waals surface area contributed by atoms with Gasteiger partial charge in [0.1, 0.15) is 18.6 Å². The van der Waals surface area contributed by atoms with Crippen LogP contribution in [0.5, 0.6) is 0 Å². The van der Waals surface area contributed by atoms with Gasteiger partial charge < -0.3 is 58.6 Å². The molecule has 4 fully saturated rings. The lowest BCUT2D eigenvalue weighted by atomic mass is 9.69. The van der Waals surface area contributed by atoms with Crippen LogP contribution in [0.2, 0.25) is 0 Å². The standard InChI is InChI=1S/C34H58N2O9.C20H35NO7.C8H14O/c1-30(2,3)27(39)43-21-19-42-26(23(45-29(41)32(7,8)9)22(21)44-28(40)31(4,5)6)36(20-37)24(25(38)35-33(10,11)12)34(13)17-15-14-16-18-34;1-18(2,3)15(22)26-11-10-25-14(21)13(28-17(24)20(7,8)9)12(11)27-16(23)19(4,5)6;1-8(7-9)5-3-2-4-6-8/h20-24,26H,14-19H2,1-13H3,(H,35,38);11-14H,10,21H2,1-9H3;7H,2-6H2,1H3/t21-,22-,23+,24-,26?;11-,12-,13+,14+;/m11./s1. The fraction of sp³-hybridized carbons (Fsp3) is 0.855. The second kappa shape index (κ2) is 28.5. The normalized spacial score (nSPS) is 25.5. The molecule has 0 spiro atoms. The Labute approximate surface area is 490 Å². The highest BCUT2D eigenvalue weighted by Gasteiger charge is 2.56. The van der Waals surface area contributed by atoms with Crippen LogP contribution in [-0.4, -0.2) is 133 Å². The molecule has 2 saturated heterocycles. The first-order valence-electron chi connectivity index (χ1n) is 29.3. The molecule has 20 heteroatoms. The largest absolute Gasteiger partial charge is 0.455 e. The second-order valence-electron chi connectivity index (χ2n) is 30.6. The number of nitrogens with zero attached hydrogens (tertiary/aromatic N) is 1. The van der Waals surface area contributed by atoms with Crippen LogP contribution in [-0.2, 0) is 81.0 Å². The van der Waals surface area contributed by atoms with Gasteiger partial charge in [0.05, 0.1) is 45.7 Å². The Morgan fingerprint density at radius 2 is 0.793 bits per heavy atom. The van der Waals surface area contributed by atoms with E-state index in [1.807, 2.05) is 27.7 Å². The summed E-state index contributed by atoms with van der Waals surface area (Å²) in [6.45, 7) is 39.7. The number of nitrogens with two attached hydrogens (primary N) is 1. The van der Waals surface area contributed by atoms with Crippen molar-refractivity contribution in [3.8, 4) is 0 Å². The van der Waals surface area contributed by atoms with Crippen LogP contribution in [0.1, 0.15) is 223 Å². The van der Waals surface area contributed by atoms with Gasteiger partial charge in [-0.15, -0.1) is 0 Å². The van der Waals surface area contributed by atoms with Crippen LogP contribution >= 0.6 is 0 Å². The lowest BCUT2D eigenvalue weighted by molar-refractivity contribution is -0.259. The number of carbonyl (C=O) groups is 9. The zero-order valence-electron chi connectivity index (χ0n) is 54.3. The molecule has 0 bridgehead atoms. The molecular formula is C62H107N3O17. The van der Waals surface area contributed by atoms with E-state index in [0.29, 0.717) is 19.3 Å². The van der Waals surface area contributed by atoms with Gasteiger partial charge >= 0.3 is 35.8 Å². The van der Waals surface area contributed by atoms with E-state index >= 15 is 0 Å². The summed E-state index contributed by atoms with van der Waals surface area (Å²) in [5, 5.41) is 3.03. The number of rotatable bonds is 12. The average Bonchev–Trinajstić information content (AvgIpc) is 3.40. The zero-order chi connectivity index (χ0) is 63.6. The Balaban J connectivity index is 0.000000522. The minimum atomic E-state index is -1.42. The summed E-state index contributed by atoms with van der Waals surface area (Å²) in [4.78, 5) is 116. The molecule has 2 amide bonds.